The number of hydrogen-bond donors (Lipinski definition) is 0. The highest BCUT2D eigenvalue weighted by Crippen LogP contribution is 2.35. The number of rotatable bonds is 9. The van der Waals surface area contributed by atoms with Crippen molar-refractivity contribution < 1.29 is 23.8 Å². The first kappa shape index (κ1) is 22.3. The second-order valence-corrected chi connectivity index (χ2v) is 8.70. The number of hydrogen-bond acceptors (Lipinski definition) is 6. The van der Waals surface area contributed by atoms with Gasteiger partial charge in [-0.3, -0.25) is 4.79 Å². The Balaban J connectivity index is 1.41. The Morgan fingerprint density at radius 1 is 0.781 bits per heavy atom. The van der Waals surface area contributed by atoms with E-state index in [4.69, 9.17) is 14.2 Å². The first-order chi connectivity index (χ1) is 15.7. The lowest BCUT2D eigenvalue weighted by atomic mass is 10.1. The van der Waals surface area contributed by atoms with Gasteiger partial charge >= 0.3 is 5.97 Å². The highest BCUT2D eigenvalue weighted by molar-refractivity contribution is 8.01. The predicted molar refractivity (Wildman–Crippen MR) is 123 cm³/mol. The lowest BCUT2D eigenvalue weighted by Crippen LogP contribution is -2.34. The van der Waals surface area contributed by atoms with Crippen LogP contribution in [0.4, 0.5) is 0 Å². The molecule has 0 aromatic heterocycles. The molecule has 1 heterocycles. The molecule has 4 rings (SSSR count). The third-order valence-corrected chi connectivity index (χ3v) is 6.35. The summed E-state index contributed by atoms with van der Waals surface area (Å²) in [5.41, 5.74) is 1.51. The van der Waals surface area contributed by atoms with Crippen LogP contribution >= 0.6 is 11.8 Å². The molecule has 0 saturated carbocycles. The summed E-state index contributed by atoms with van der Waals surface area (Å²) in [5, 5.41) is -0.275. The summed E-state index contributed by atoms with van der Waals surface area (Å²) in [6, 6.07) is 28.2. The second kappa shape index (κ2) is 11.1. The highest BCUT2D eigenvalue weighted by atomic mass is 32.2. The van der Waals surface area contributed by atoms with Gasteiger partial charge in [0.1, 0.15) is 6.10 Å². The summed E-state index contributed by atoms with van der Waals surface area (Å²) in [6.45, 7) is 1.04. The molecule has 1 fully saturated rings. The summed E-state index contributed by atoms with van der Waals surface area (Å²) >= 11 is 1.28. The van der Waals surface area contributed by atoms with Gasteiger partial charge in [-0.25, -0.2) is 4.79 Å². The van der Waals surface area contributed by atoms with Gasteiger partial charge in [0.2, 0.25) is 11.2 Å². The molecule has 1 saturated heterocycles. The molecular weight excluding hydrogens is 424 g/mol. The van der Waals surface area contributed by atoms with Gasteiger partial charge in [0, 0.05) is 0 Å². The first-order valence-corrected chi connectivity index (χ1v) is 11.4. The largest absolute Gasteiger partial charge is 0.439 e. The molecule has 6 heteroatoms. The zero-order valence-electron chi connectivity index (χ0n) is 17.5. The smallest absolute Gasteiger partial charge is 0.339 e. The molecule has 0 N–H and O–H groups in total. The van der Waals surface area contributed by atoms with Crippen molar-refractivity contribution in [3.63, 3.8) is 0 Å². The van der Waals surface area contributed by atoms with Crippen molar-refractivity contribution in [3.05, 3.63) is 108 Å². The maximum atomic E-state index is 13.1. The van der Waals surface area contributed by atoms with E-state index in [1.165, 1.54) is 11.8 Å². The van der Waals surface area contributed by atoms with Crippen LogP contribution in [0.2, 0.25) is 0 Å². The van der Waals surface area contributed by atoms with Gasteiger partial charge in [0.05, 0.1) is 30.6 Å². The molecule has 32 heavy (non-hydrogen) atoms. The van der Waals surface area contributed by atoms with E-state index in [2.05, 4.69) is 0 Å². The van der Waals surface area contributed by atoms with Crippen LogP contribution in [0.15, 0.2) is 91.0 Å². The molecule has 0 spiro atoms. The Bertz CT molecular complexity index is 1010. The average Bonchev–Trinajstić information content (AvgIpc) is 3.13. The fraction of sp³-hybridized carbons (Fsp3) is 0.231. The Morgan fingerprint density at radius 2 is 1.34 bits per heavy atom. The van der Waals surface area contributed by atoms with Crippen LogP contribution in [0, 0.1) is 0 Å². The van der Waals surface area contributed by atoms with E-state index in [1.54, 1.807) is 24.3 Å². The lowest BCUT2D eigenvalue weighted by Gasteiger charge is -2.18. The molecule has 0 radical (unpaired) electrons. The average molecular weight is 449 g/mol. The SMILES string of the molecule is O=C(OC1S[C@H](COCc2ccccc2)[C@@H](OCc2ccccc2)C1=O)c1ccccc1. The van der Waals surface area contributed by atoms with Crippen molar-refractivity contribution >= 4 is 23.5 Å². The van der Waals surface area contributed by atoms with Gasteiger partial charge in [0.25, 0.3) is 0 Å². The third-order valence-electron chi connectivity index (χ3n) is 5.04. The van der Waals surface area contributed by atoms with Gasteiger partial charge in [-0.15, -0.1) is 11.8 Å². The van der Waals surface area contributed by atoms with Crippen molar-refractivity contribution in [2.24, 2.45) is 0 Å². The van der Waals surface area contributed by atoms with Gasteiger partial charge in [-0.2, -0.15) is 0 Å². The van der Waals surface area contributed by atoms with Crippen molar-refractivity contribution in [2.75, 3.05) is 6.61 Å². The van der Waals surface area contributed by atoms with Crippen molar-refractivity contribution in [1.82, 2.24) is 0 Å². The van der Waals surface area contributed by atoms with Gasteiger partial charge in [0.15, 0.2) is 0 Å². The number of carbonyl (C=O) groups is 2. The standard InChI is InChI=1S/C26H24O5S/c27-23-24(30-17-20-12-6-2-7-13-20)22(18-29-16-19-10-4-1-5-11-19)32-26(23)31-25(28)21-14-8-3-9-15-21/h1-15,22,24,26H,16-18H2/t22-,24-,26?/m1/s1. The van der Waals surface area contributed by atoms with Crippen LogP contribution in [0.1, 0.15) is 21.5 Å². The topological polar surface area (TPSA) is 61.8 Å². The zero-order chi connectivity index (χ0) is 22.2. The Hall–Kier alpha value is -2.93. The van der Waals surface area contributed by atoms with E-state index in [-0.39, 0.29) is 11.0 Å². The van der Waals surface area contributed by atoms with Crippen LogP contribution in [-0.2, 0) is 32.2 Å². The normalized spacial score (nSPS) is 20.2. The summed E-state index contributed by atoms with van der Waals surface area (Å²) in [4.78, 5) is 25.5. The number of esters is 1. The van der Waals surface area contributed by atoms with Crippen molar-refractivity contribution in [1.29, 1.82) is 0 Å². The highest BCUT2D eigenvalue weighted by Gasteiger charge is 2.46. The molecule has 0 amide bonds. The minimum absolute atomic E-state index is 0.247. The molecule has 3 aromatic rings. The maximum Gasteiger partial charge on any atom is 0.339 e. The predicted octanol–water partition coefficient (Wildman–Crippen LogP) is 4.66. The van der Waals surface area contributed by atoms with E-state index >= 15 is 0 Å². The minimum atomic E-state index is -0.922. The quantitative estimate of drug-likeness (QED) is 0.444. The minimum Gasteiger partial charge on any atom is -0.439 e. The molecule has 0 aliphatic carbocycles. The lowest BCUT2D eigenvalue weighted by molar-refractivity contribution is -0.135. The summed E-state index contributed by atoms with van der Waals surface area (Å²) in [5.74, 6) is -0.771. The fourth-order valence-corrected chi connectivity index (χ4v) is 4.64. The van der Waals surface area contributed by atoms with E-state index in [1.807, 2.05) is 66.7 Å². The van der Waals surface area contributed by atoms with Crippen molar-refractivity contribution in [2.45, 2.75) is 30.0 Å². The zero-order valence-corrected chi connectivity index (χ0v) is 18.3. The van der Waals surface area contributed by atoms with E-state index in [9.17, 15) is 9.59 Å². The third kappa shape index (κ3) is 5.85. The molecule has 1 unspecified atom stereocenters. The van der Waals surface area contributed by atoms with Crippen LogP contribution in [0.25, 0.3) is 0 Å². The second-order valence-electron chi connectivity index (χ2n) is 7.40. The fourth-order valence-electron chi connectivity index (χ4n) is 3.38. The summed E-state index contributed by atoms with van der Waals surface area (Å²) in [6.07, 6.45) is -0.718. The summed E-state index contributed by atoms with van der Waals surface area (Å²) in [7, 11) is 0. The Labute approximate surface area is 191 Å². The molecule has 1 aliphatic heterocycles. The number of benzene rings is 3. The maximum absolute atomic E-state index is 13.1. The van der Waals surface area contributed by atoms with Crippen LogP contribution in [0.3, 0.4) is 0 Å². The molecule has 0 bridgehead atoms. The van der Waals surface area contributed by atoms with Gasteiger partial charge in [-0.1, -0.05) is 78.9 Å². The number of Topliss-reactive ketones (excluding diaryl/α,β-unsaturated/α-hetero) is 1. The first-order valence-electron chi connectivity index (χ1n) is 10.4. The molecule has 5 nitrogen and oxygen atoms in total. The molecule has 164 valence electrons. The van der Waals surface area contributed by atoms with Crippen LogP contribution in [-0.4, -0.2) is 35.1 Å². The van der Waals surface area contributed by atoms with E-state index in [0.29, 0.717) is 25.4 Å². The van der Waals surface area contributed by atoms with E-state index < -0.39 is 17.5 Å². The van der Waals surface area contributed by atoms with E-state index in [0.717, 1.165) is 11.1 Å². The molecule has 3 atom stereocenters. The Kier molecular flexibility index (Phi) is 7.72. The Morgan fingerprint density at radius 3 is 1.97 bits per heavy atom. The number of ether oxygens (including phenoxy) is 3. The van der Waals surface area contributed by atoms with Gasteiger partial charge < -0.3 is 14.2 Å². The number of carbonyl (C=O) groups excluding carboxylic acids is 2. The molecule has 3 aromatic carbocycles. The van der Waals surface area contributed by atoms with Crippen LogP contribution < -0.4 is 0 Å². The van der Waals surface area contributed by atoms with Crippen molar-refractivity contribution in [3.8, 4) is 0 Å². The molecule has 1 aliphatic rings. The van der Waals surface area contributed by atoms with Crippen LogP contribution in [0.5, 0.6) is 0 Å². The number of thioether (sulfide) groups is 1. The number of ketones is 1. The monoisotopic (exact) mass is 448 g/mol. The summed E-state index contributed by atoms with van der Waals surface area (Å²) < 4.78 is 17.4. The molecular formula is C26H24O5S. The van der Waals surface area contributed by atoms with Gasteiger partial charge in [-0.05, 0) is 23.3 Å².